The number of halogens is 1. The summed E-state index contributed by atoms with van der Waals surface area (Å²) in [4.78, 5) is 24.4. The first-order valence-electron chi connectivity index (χ1n) is 13.5. The molecule has 3 aliphatic heterocycles. The maximum Gasteiger partial charge on any atom is 0.230 e. The molecule has 0 radical (unpaired) electrons. The van der Waals surface area contributed by atoms with Crippen LogP contribution in [0.15, 0.2) is 84.4 Å². The van der Waals surface area contributed by atoms with Gasteiger partial charge in [0.05, 0.1) is 43.0 Å². The Kier molecular flexibility index (Phi) is 6.17. The smallest absolute Gasteiger partial charge is 0.230 e. The highest BCUT2D eigenvalue weighted by molar-refractivity contribution is 6.17. The lowest BCUT2D eigenvalue weighted by molar-refractivity contribution is -0.169. The molecule has 1 amide bonds. The second-order valence-corrected chi connectivity index (χ2v) is 10.3. The molecule has 40 heavy (non-hydrogen) atoms. The molecule has 2 saturated heterocycles. The molecule has 4 aromatic rings. The van der Waals surface area contributed by atoms with Crippen molar-refractivity contribution in [1.29, 1.82) is 0 Å². The highest BCUT2D eigenvalue weighted by atomic mass is 19.1. The molecule has 0 unspecified atom stereocenters. The number of aliphatic imine (C=N–C) groups is 1. The van der Waals surface area contributed by atoms with Crippen LogP contribution in [0, 0.1) is 5.82 Å². The van der Waals surface area contributed by atoms with E-state index in [0.717, 1.165) is 16.9 Å². The van der Waals surface area contributed by atoms with Crippen LogP contribution in [0.3, 0.4) is 0 Å². The molecular formula is C31H28FN5O3. The number of nitrogens with one attached hydrogen (secondary N) is 1. The Labute approximate surface area is 231 Å². The maximum atomic E-state index is 15.1. The van der Waals surface area contributed by atoms with Gasteiger partial charge in [0.25, 0.3) is 0 Å². The molecule has 1 spiro atoms. The largest absolute Gasteiger partial charge is 0.371 e. The average molecular weight is 538 g/mol. The minimum absolute atomic E-state index is 0.118. The Bertz CT molecular complexity index is 1600. The number of hydrogen-bond donors (Lipinski definition) is 1. The van der Waals surface area contributed by atoms with Crippen molar-refractivity contribution in [2.24, 2.45) is 4.99 Å². The van der Waals surface area contributed by atoms with Crippen molar-refractivity contribution in [2.45, 2.75) is 25.0 Å². The van der Waals surface area contributed by atoms with Crippen molar-refractivity contribution < 1.29 is 18.7 Å². The van der Waals surface area contributed by atoms with E-state index in [1.165, 1.54) is 6.07 Å². The number of rotatable bonds is 4. The third kappa shape index (κ3) is 4.57. The van der Waals surface area contributed by atoms with Gasteiger partial charge in [0.1, 0.15) is 5.82 Å². The van der Waals surface area contributed by atoms with Crippen LogP contribution in [0.25, 0.3) is 16.8 Å². The number of fused-ring (bicyclic) bond motifs is 1. The highest BCUT2D eigenvalue weighted by Crippen LogP contribution is 2.44. The first kappa shape index (κ1) is 24.7. The zero-order valence-electron chi connectivity index (χ0n) is 21.8. The second-order valence-electron chi connectivity index (χ2n) is 10.3. The number of aromatic nitrogens is 2. The fraction of sp³-hybridized carbons (Fsp3) is 0.258. The van der Waals surface area contributed by atoms with Crippen molar-refractivity contribution in [2.75, 3.05) is 36.5 Å². The summed E-state index contributed by atoms with van der Waals surface area (Å²) in [7, 11) is 0. The van der Waals surface area contributed by atoms with Gasteiger partial charge in [-0.2, -0.15) is 0 Å². The van der Waals surface area contributed by atoms with Crippen molar-refractivity contribution in [3.63, 3.8) is 0 Å². The Hall–Kier alpha value is -4.34. The molecule has 0 aliphatic carbocycles. The minimum atomic E-state index is -0.528. The summed E-state index contributed by atoms with van der Waals surface area (Å²) in [5, 5.41) is 3.01. The number of amides is 1. The van der Waals surface area contributed by atoms with E-state index in [1.807, 2.05) is 53.2 Å². The number of anilines is 2. The summed E-state index contributed by atoms with van der Waals surface area (Å²) in [5.74, 6) is -1.02. The quantitative estimate of drug-likeness (QED) is 0.373. The summed E-state index contributed by atoms with van der Waals surface area (Å²) >= 11 is 0. The lowest BCUT2D eigenvalue weighted by atomic mass is 9.97. The molecule has 0 saturated carbocycles. The molecule has 9 heteroatoms. The first-order valence-corrected chi connectivity index (χ1v) is 13.5. The molecule has 0 bridgehead atoms. The SMILES string of the molecule is O=C1CC(c2cccc(-n3ccnc3)c2)=Nc2cc(N3CCC4(CC3)OCCO4)c(-c3ccccc3F)cc2N1. The van der Waals surface area contributed by atoms with Gasteiger partial charge in [-0.05, 0) is 35.9 Å². The maximum absolute atomic E-state index is 15.1. The topological polar surface area (TPSA) is 81.0 Å². The minimum Gasteiger partial charge on any atom is -0.371 e. The number of piperidine rings is 1. The van der Waals surface area contributed by atoms with Crippen molar-refractivity contribution in [3.8, 4) is 16.8 Å². The molecule has 3 aliphatic rings. The monoisotopic (exact) mass is 537 g/mol. The summed E-state index contributed by atoms with van der Waals surface area (Å²) < 4.78 is 28.9. The van der Waals surface area contributed by atoms with Gasteiger partial charge in [-0.25, -0.2) is 9.37 Å². The van der Waals surface area contributed by atoms with Crippen molar-refractivity contribution in [1.82, 2.24) is 9.55 Å². The number of hydrogen-bond acceptors (Lipinski definition) is 6. The number of carbonyl (C=O) groups excluding carboxylic acids is 1. The van der Waals surface area contributed by atoms with Gasteiger partial charge in [0.15, 0.2) is 5.79 Å². The first-order chi connectivity index (χ1) is 19.6. The summed E-state index contributed by atoms with van der Waals surface area (Å²) in [6.45, 7) is 2.60. The molecular weight excluding hydrogens is 509 g/mol. The van der Waals surface area contributed by atoms with E-state index in [9.17, 15) is 4.79 Å². The van der Waals surface area contributed by atoms with E-state index < -0.39 is 5.79 Å². The summed E-state index contributed by atoms with van der Waals surface area (Å²) in [6, 6.07) is 18.4. The zero-order chi connectivity index (χ0) is 27.1. The predicted octanol–water partition coefficient (Wildman–Crippen LogP) is 5.48. The molecule has 4 heterocycles. The third-order valence-electron chi connectivity index (χ3n) is 7.80. The highest BCUT2D eigenvalue weighted by Gasteiger charge is 2.40. The molecule has 7 rings (SSSR count). The lowest BCUT2D eigenvalue weighted by Gasteiger charge is -2.39. The number of imidazole rings is 1. The van der Waals surface area contributed by atoms with Gasteiger partial charge in [-0.1, -0.05) is 30.3 Å². The van der Waals surface area contributed by atoms with Crippen molar-refractivity contribution >= 4 is 28.7 Å². The molecule has 3 aromatic carbocycles. The van der Waals surface area contributed by atoms with Crippen LogP contribution in [0.2, 0.25) is 0 Å². The number of carbonyl (C=O) groups is 1. The van der Waals surface area contributed by atoms with Crippen LogP contribution in [0.5, 0.6) is 0 Å². The van der Waals surface area contributed by atoms with Gasteiger partial charge in [-0.3, -0.25) is 9.79 Å². The van der Waals surface area contributed by atoms with Crippen molar-refractivity contribution in [3.05, 3.63) is 90.8 Å². The third-order valence-corrected chi connectivity index (χ3v) is 7.80. The lowest BCUT2D eigenvalue weighted by Crippen LogP contribution is -2.45. The summed E-state index contributed by atoms with van der Waals surface area (Å²) in [6.07, 6.45) is 6.88. The van der Waals surface area contributed by atoms with Gasteiger partial charge in [-0.15, -0.1) is 0 Å². The second kappa shape index (κ2) is 10.0. The van der Waals surface area contributed by atoms with E-state index in [4.69, 9.17) is 14.5 Å². The van der Waals surface area contributed by atoms with Crippen LogP contribution < -0.4 is 10.2 Å². The van der Waals surface area contributed by atoms with E-state index >= 15 is 4.39 Å². The number of ether oxygens (including phenoxy) is 2. The molecule has 202 valence electrons. The molecule has 1 N–H and O–H groups in total. The normalized spacial score (nSPS) is 18.3. The average Bonchev–Trinajstić information content (AvgIpc) is 3.64. The number of nitrogens with zero attached hydrogens (tertiary/aromatic N) is 4. The van der Waals surface area contributed by atoms with Gasteiger partial charge in [0.2, 0.25) is 5.91 Å². The summed E-state index contributed by atoms with van der Waals surface area (Å²) in [5.41, 5.74) is 5.69. The molecule has 0 atom stereocenters. The van der Waals surface area contributed by atoms with Gasteiger partial charge in [0, 0.05) is 60.8 Å². The fourth-order valence-corrected chi connectivity index (χ4v) is 5.76. The predicted molar refractivity (Wildman–Crippen MR) is 151 cm³/mol. The van der Waals surface area contributed by atoms with Crippen LogP contribution in [0.4, 0.5) is 21.5 Å². The van der Waals surface area contributed by atoms with E-state index in [-0.39, 0.29) is 18.1 Å². The van der Waals surface area contributed by atoms with E-state index in [2.05, 4.69) is 15.2 Å². The zero-order valence-corrected chi connectivity index (χ0v) is 21.8. The Morgan fingerprint density at radius 2 is 1.77 bits per heavy atom. The van der Waals surface area contributed by atoms with Gasteiger partial charge < -0.3 is 24.3 Å². The van der Waals surface area contributed by atoms with E-state index in [0.29, 0.717) is 67.4 Å². The molecule has 8 nitrogen and oxygen atoms in total. The van der Waals surface area contributed by atoms with Crippen LogP contribution in [0.1, 0.15) is 24.8 Å². The van der Waals surface area contributed by atoms with Crippen LogP contribution in [-0.4, -0.2) is 53.3 Å². The van der Waals surface area contributed by atoms with Crippen LogP contribution in [-0.2, 0) is 14.3 Å². The Morgan fingerprint density at radius 3 is 2.55 bits per heavy atom. The van der Waals surface area contributed by atoms with E-state index in [1.54, 1.807) is 24.7 Å². The standard InChI is InChI=1S/C31H28FN5O3/c32-25-7-2-1-6-23(25)24-17-27-28(18-29(24)36-11-8-31(9-12-36)39-14-15-40-31)34-26(19-30(38)35-27)21-4-3-5-22(16-21)37-13-10-33-20-37/h1-7,10,13,16-18,20H,8-9,11-12,14-15,19H2,(H,35,38). The van der Waals surface area contributed by atoms with Crippen LogP contribution >= 0.6 is 0 Å². The van der Waals surface area contributed by atoms with Gasteiger partial charge >= 0.3 is 0 Å². The Morgan fingerprint density at radius 1 is 0.950 bits per heavy atom. The Balaban J connectivity index is 1.32. The fourth-order valence-electron chi connectivity index (χ4n) is 5.76. The molecule has 2 fully saturated rings. The molecule has 1 aromatic heterocycles. The number of benzene rings is 3.